The molecule has 1 aromatic carbocycles. The van der Waals surface area contributed by atoms with Gasteiger partial charge in [0.2, 0.25) is 0 Å². The molecule has 0 bridgehead atoms. The maximum absolute atomic E-state index is 11.3. The van der Waals surface area contributed by atoms with E-state index in [1.165, 1.54) is 11.1 Å². The molecule has 0 radical (unpaired) electrons. The van der Waals surface area contributed by atoms with Crippen LogP contribution in [0.25, 0.3) is 0 Å². The smallest absolute Gasteiger partial charge is 0.137 e. The number of rotatable bonds is 2. The maximum Gasteiger partial charge on any atom is 0.137 e. The highest BCUT2D eigenvalue weighted by Gasteiger charge is 2.39. The molecule has 18 heavy (non-hydrogen) atoms. The van der Waals surface area contributed by atoms with Crippen LogP contribution in [0.4, 0.5) is 0 Å². The number of Topliss-reactive ketones (excluding diaryl/α,β-unsaturated/α-hetero) is 1. The van der Waals surface area contributed by atoms with Crippen LogP contribution in [0.5, 0.6) is 0 Å². The summed E-state index contributed by atoms with van der Waals surface area (Å²) in [4.78, 5) is 13.6. The summed E-state index contributed by atoms with van der Waals surface area (Å²) in [6.45, 7) is 3.23. The van der Waals surface area contributed by atoms with Crippen LogP contribution in [0, 0.1) is 0 Å². The molecule has 2 atom stereocenters. The van der Waals surface area contributed by atoms with Crippen molar-refractivity contribution in [2.45, 2.75) is 32.0 Å². The third-order valence-electron chi connectivity index (χ3n) is 3.75. The van der Waals surface area contributed by atoms with Gasteiger partial charge in [0.15, 0.2) is 0 Å². The second-order valence-corrected chi connectivity index (χ2v) is 5.51. The van der Waals surface area contributed by atoms with Gasteiger partial charge < -0.3 is 4.74 Å². The molecule has 2 aliphatic rings. The average Bonchev–Trinajstić information content (AvgIpc) is 2.72. The minimum Gasteiger partial charge on any atom is -0.357 e. The topological polar surface area (TPSA) is 29.5 Å². The lowest BCUT2D eigenvalue weighted by molar-refractivity contribution is -0.118. The summed E-state index contributed by atoms with van der Waals surface area (Å²) in [5, 5.41) is 0.745. The first-order valence-electron chi connectivity index (χ1n) is 6.30. The van der Waals surface area contributed by atoms with Crippen molar-refractivity contribution in [2.24, 2.45) is 0 Å². The first-order valence-corrected chi connectivity index (χ1v) is 6.68. The van der Waals surface area contributed by atoms with E-state index in [0.717, 1.165) is 18.0 Å². The largest absolute Gasteiger partial charge is 0.357 e. The summed E-state index contributed by atoms with van der Waals surface area (Å²) in [5.41, 5.74) is 2.48. The molecule has 0 amide bonds. The van der Waals surface area contributed by atoms with Gasteiger partial charge in [-0.1, -0.05) is 17.7 Å². The first kappa shape index (κ1) is 12.2. The Morgan fingerprint density at radius 3 is 3.17 bits per heavy atom. The molecular weight excluding hydrogens is 250 g/mol. The molecule has 0 unspecified atom stereocenters. The van der Waals surface area contributed by atoms with Crippen molar-refractivity contribution in [3.63, 3.8) is 0 Å². The van der Waals surface area contributed by atoms with Crippen molar-refractivity contribution < 1.29 is 9.53 Å². The van der Waals surface area contributed by atoms with Gasteiger partial charge >= 0.3 is 0 Å². The Balaban J connectivity index is 1.88. The van der Waals surface area contributed by atoms with E-state index < -0.39 is 0 Å². The van der Waals surface area contributed by atoms with E-state index in [2.05, 4.69) is 11.0 Å². The minimum absolute atomic E-state index is 0.0169. The molecule has 3 nitrogen and oxygen atoms in total. The number of ether oxygens (including phenoxy) is 1. The van der Waals surface area contributed by atoms with Gasteiger partial charge in [0.05, 0.1) is 6.61 Å². The predicted molar refractivity (Wildman–Crippen MR) is 69.6 cm³/mol. The lowest BCUT2D eigenvalue weighted by Crippen LogP contribution is -2.38. The quantitative estimate of drug-likeness (QED) is 0.823. The van der Waals surface area contributed by atoms with Crippen molar-refractivity contribution in [2.75, 3.05) is 13.2 Å². The van der Waals surface area contributed by atoms with E-state index >= 15 is 0 Å². The number of carbonyl (C=O) groups excluding carboxylic acids is 1. The molecule has 0 N–H and O–H groups in total. The highest BCUT2D eigenvalue weighted by atomic mass is 35.5. The van der Waals surface area contributed by atoms with E-state index in [9.17, 15) is 4.79 Å². The fourth-order valence-electron chi connectivity index (χ4n) is 2.93. The van der Waals surface area contributed by atoms with Gasteiger partial charge in [-0.25, -0.2) is 0 Å². The van der Waals surface area contributed by atoms with Gasteiger partial charge in [0.25, 0.3) is 0 Å². The molecule has 1 saturated heterocycles. The molecule has 2 aliphatic heterocycles. The molecule has 1 fully saturated rings. The van der Waals surface area contributed by atoms with Gasteiger partial charge in [-0.05, 0) is 31.0 Å². The van der Waals surface area contributed by atoms with Crippen molar-refractivity contribution in [1.82, 2.24) is 4.90 Å². The van der Waals surface area contributed by atoms with Gasteiger partial charge in [0.1, 0.15) is 12.0 Å². The summed E-state index contributed by atoms with van der Waals surface area (Å²) < 4.78 is 5.87. The van der Waals surface area contributed by atoms with Crippen LogP contribution in [0.1, 0.15) is 30.7 Å². The molecule has 0 aromatic heterocycles. The molecule has 2 heterocycles. The number of fused-ring (bicyclic) bond motifs is 3. The second-order valence-electron chi connectivity index (χ2n) is 5.08. The fourth-order valence-corrected chi connectivity index (χ4v) is 3.11. The number of ketones is 1. The summed E-state index contributed by atoms with van der Waals surface area (Å²) in [6.07, 6.45) is 1.56. The number of carbonyl (C=O) groups is 1. The molecule has 96 valence electrons. The van der Waals surface area contributed by atoms with E-state index in [-0.39, 0.29) is 18.1 Å². The zero-order chi connectivity index (χ0) is 12.7. The van der Waals surface area contributed by atoms with Crippen LogP contribution < -0.4 is 0 Å². The molecule has 0 spiro atoms. The van der Waals surface area contributed by atoms with Crippen LogP contribution in [-0.2, 0) is 16.0 Å². The monoisotopic (exact) mass is 265 g/mol. The Labute approximate surface area is 112 Å². The van der Waals surface area contributed by atoms with E-state index in [1.807, 2.05) is 12.1 Å². The Hall–Kier alpha value is -0.900. The lowest BCUT2D eigenvalue weighted by Gasteiger charge is -2.33. The molecule has 4 heteroatoms. The Morgan fingerprint density at radius 2 is 2.39 bits per heavy atom. The van der Waals surface area contributed by atoms with Crippen molar-refractivity contribution >= 4 is 17.4 Å². The normalized spacial score (nSPS) is 26.8. The van der Waals surface area contributed by atoms with E-state index in [0.29, 0.717) is 13.0 Å². The number of nitrogens with zero attached hydrogens (tertiary/aromatic N) is 1. The number of benzene rings is 1. The van der Waals surface area contributed by atoms with Gasteiger partial charge in [0, 0.05) is 29.6 Å². The second kappa shape index (κ2) is 4.65. The van der Waals surface area contributed by atoms with Crippen molar-refractivity contribution in [3.05, 3.63) is 34.3 Å². The van der Waals surface area contributed by atoms with Crippen LogP contribution >= 0.6 is 11.6 Å². The van der Waals surface area contributed by atoms with Crippen molar-refractivity contribution in [3.8, 4) is 0 Å². The van der Waals surface area contributed by atoms with Crippen LogP contribution in [-0.4, -0.2) is 29.9 Å². The molecule has 1 aromatic rings. The summed E-state index contributed by atoms with van der Waals surface area (Å²) >= 11 is 6.06. The number of hydrogen-bond donors (Lipinski definition) is 0. The minimum atomic E-state index is -0.0169. The summed E-state index contributed by atoms with van der Waals surface area (Å²) in [5.74, 6) is 0.223. The van der Waals surface area contributed by atoms with Gasteiger partial charge in [-0.3, -0.25) is 9.69 Å². The molecular formula is C14H16ClNO2. The zero-order valence-electron chi connectivity index (χ0n) is 10.4. The Kier molecular flexibility index (Phi) is 3.14. The third-order valence-corrected chi connectivity index (χ3v) is 3.99. The van der Waals surface area contributed by atoms with Crippen LogP contribution in [0.15, 0.2) is 18.2 Å². The highest BCUT2D eigenvalue weighted by Crippen LogP contribution is 2.38. The number of hydrogen-bond acceptors (Lipinski definition) is 3. The summed E-state index contributed by atoms with van der Waals surface area (Å²) in [7, 11) is 0. The third kappa shape index (κ3) is 2.07. The van der Waals surface area contributed by atoms with Crippen molar-refractivity contribution in [1.29, 1.82) is 0 Å². The SMILES string of the molecule is CC(=O)C[C@@H]1CO[C@H]2c3cc(Cl)ccc3CCN12. The maximum atomic E-state index is 11.3. The first-order chi connectivity index (χ1) is 8.65. The fraction of sp³-hybridized carbons (Fsp3) is 0.500. The standard InChI is InChI=1S/C14H16ClNO2/c1-9(17)6-12-8-18-14-13-7-11(15)3-2-10(13)4-5-16(12)14/h2-3,7,12,14H,4-6,8H2,1H3/t12-,14+/m1/s1. The molecule has 3 rings (SSSR count). The predicted octanol–water partition coefficient (Wildman–Crippen LogP) is 2.57. The van der Waals surface area contributed by atoms with Crippen LogP contribution in [0.3, 0.4) is 0 Å². The van der Waals surface area contributed by atoms with Crippen LogP contribution in [0.2, 0.25) is 5.02 Å². The van der Waals surface area contributed by atoms with E-state index in [4.69, 9.17) is 16.3 Å². The number of halogens is 1. The van der Waals surface area contributed by atoms with E-state index in [1.54, 1.807) is 6.92 Å². The average molecular weight is 266 g/mol. The van der Waals surface area contributed by atoms with Gasteiger partial charge in [-0.15, -0.1) is 0 Å². The molecule has 0 saturated carbocycles. The lowest BCUT2D eigenvalue weighted by atomic mass is 9.97. The van der Waals surface area contributed by atoms with Gasteiger partial charge in [-0.2, -0.15) is 0 Å². The molecule has 0 aliphatic carbocycles. The summed E-state index contributed by atoms with van der Waals surface area (Å²) in [6, 6.07) is 6.22. The Morgan fingerprint density at radius 1 is 1.56 bits per heavy atom. The highest BCUT2D eigenvalue weighted by molar-refractivity contribution is 6.30. The Bertz CT molecular complexity index is 489. The zero-order valence-corrected chi connectivity index (χ0v) is 11.1.